The molecule has 0 aromatic rings. The van der Waals surface area contributed by atoms with Crippen molar-refractivity contribution in [1.29, 1.82) is 0 Å². The molecule has 0 spiro atoms. The summed E-state index contributed by atoms with van der Waals surface area (Å²) in [6, 6.07) is -0.0598. The van der Waals surface area contributed by atoms with E-state index in [0.29, 0.717) is 19.4 Å². The van der Waals surface area contributed by atoms with Gasteiger partial charge in [0.2, 0.25) is 11.8 Å². The maximum atomic E-state index is 12.1. The van der Waals surface area contributed by atoms with Crippen molar-refractivity contribution in [3.05, 3.63) is 0 Å². The maximum Gasteiger partial charge on any atom is 0.326 e. The van der Waals surface area contributed by atoms with Crippen LogP contribution in [0.3, 0.4) is 0 Å². The van der Waals surface area contributed by atoms with Crippen LogP contribution in [-0.2, 0) is 9.59 Å². The van der Waals surface area contributed by atoms with Crippen LogP contribution >= 0.6 is 0 Å². The van der Waals surface area contributed by atoms with E-state index in [4.69, 9.17) is 0 Å². The van der Waals surface area contributed by atoms with Crippen LogP contribution in [0.15, 0.2) is 0 Å². The van der Waals surface area contributed by atoms with Crippen molar-refractivity contribution in [2.24, 2.45) is 0 Å². The lowest BCUT2D eigenvalue weighted by atomic mass is 10.2. The zero-order chi connectivity index (χ0) is 14.7. The molecule has 112 valence electrons. The number of hydrogen-bond donors (Lipinski definition) is 1. The molecule has 2 aliphatic rings. The summed E-state index contributed by atoms with van der Waals surface area (Å²) in [6.07, 6.45) is 0.909. The fraction of sp³-hybridized carbons (Fsp3) is 0.769. The third kappa shape index (κ3) is 3.09. The highest BCUT2D eigenvalue weighted by molar-refractivity contribution is 6.01. The minimum atomic E-state index is -0.266. The van der Waals surface area contributed by atoms with Gasteiger partial charge in [-0.25, -0.2) is 4.79 Å². The molecule has 2 aliphatic heterocycles. The number of hydrogen-bond acceptors (Lipinski definition) is 4. The molecule has 0 aliphatic carbocycles. The Morgan fingerprint density at radius 3 is 2.75 bits per heavy atom. The molecule has 0 aromatic heterocycles. The number of likely N-dealkylation sites (N-methyl/N-ethyl adjacent to an activating group) is 1. The highest BCUT2D eigenvalue weighted by atomic mass is 16.2. The molecule has 20 heavy (non-hydrogen) atoms. The summed E-state index contributed by atoms with van der Waals surface area (Å²) in [6.45, 7) is 4.86. The van der Waals surface area contributed by atoms with Gasteiger partial charge in [-0.3, -0.25) is 14.5 Å². The second kappa shape index (κ2) is 6.21. The van der Waals surface area contributed by atoms with Gasteiger partial charge >= 0.3 is 6.03 Å². The van der Waals surface area contributed by atoms with E-state index < -0.39 is 0 Å². The molecular weight excluding hydrogens is 260 g/mol. The van der Waals surface area contributed by atoms with Gasteiger partial charge in [-0.05, 0) is 13.3 Å². The summed E-state index contributed by atoms with van der Waals surface area (Å²) in [5, 5.41) is 3.24. The summed E-state index contributed by atoms with van der Waals surface area (Å²) >= 11 is 0. The van der Waals surface area contributed by atoms with E-state index in [0.717, 1.165) is 19.6 Å². The maximum absolute atomic E-state index is 12.1. The van der Waals surface area contributed by atoms with Gasteiger partial charge in [-0.2, -0.15) is 0 Å². The van der Waals surface area contributed by atoms with Crippen molar-refractivity contribution in [1.82, 2.24) is 20.0 Å². The average Bonchev–Trinajstić information content (AvgIpc) is 2.65. The molecule has 0 unspecified atom stereocenters. The van der Waals surface area contributed by atoms with E-state index in [1.54, 1.807) is 7.05 Å². The largest absolute Gasteiger partial charge is 0.337 e. The molecule has 2 heterocycles. The molecule has 7 heteroatoms. The van der Waals surface area contributed by atoms with E-state index >= 15 is 0 Å². The van der Waals surface area contributed by atoms with E-state index in [2.05, 4.69) is 5.32 Å². The quantitative estimate of drug-likeness (QED) is 0.704. The third-order valence-electron chi connectivity index (χ3n) is 3.82. The van der Waals surface area contributed by atoms with Crippen molar-refractivity contribution < 1.29 is 14.4 Å². The molecule has 7 nitrogen and oxygen atoms in total. The van der Waals surface area contributed by atoms with E-state index in [-0.39, 0.29) is 30.4 Å². The van der Waals surface area contributed by atoms with Gasteiger partial charge in [0.1, 0.15) is 6.54 Å². The van der Waals surface area contributed by atoms with Gasteiger partial charge in [-0.1, -0.05) is 0 Å². The second-order valence-corrected chi connectivity index (χ2v) is 5.43. The Bertz CT molecular complexity index is 412. The molecule has 0 saturated carbocycles. The lowest BCUT2D eigenvalue weighted by Gasteiger charge is -2.34. The molecule has 2 saturated heterocycles. The van der Waals surface area contributed by atoms with Crippen LogP contribution in [0.2, 0.25) is 0 Å². The van der Waals surface area contributed by atoms with Crippen molar-refractivity contribution in [2.45, 2.75) is 25.8 Å². The van der Waals surface area contributed by atoms with Crippen molar-refractivity contribution >= 4 is 17.8 Å². The van der Waals surface area contributed by atoms with Gasteiger partial charge in [0, 0.05) is 45.7 Å². The van der Waals surface area contributed by atoms with Crippen LogP contribution in [-0.4, -0.2) is 78.4 Å². The standard InChI is InChI=1S/C13H22N4O3/c1-10-8-14-5-7-16(10)11(18)4-3-6-17-12(19)9-15(2)13(17)20/h10,14H,3-9H2,1-2H3/t10-/m0/s1. The van der Waals surface area contributed by atoms with E-state index in [1.165, 1.54) is 9.80 Å². The number of piperazine rings is 1. The van der Waals surface area contributed by atoms with Crippen LogP contribution in [0.1, 0.15) is 19.8 Å². The van der Waals surface area contributed by atoms with Crippen LogP contribution < -0.4 is 5.32 Å². The molecule has 2 fully saturated rings. The normalized spacial score (nSPS) is 23.7. The fourth-order valence-corrected chi connectivity index (χ4v) is 2.63. The second-order valence-electron chi connectivity index (χ2n) is 5.43. The first-order valence-corrected chi connectivity index (χ1v) is 7.06. The minimum absolute atomic E-state index is 0.103. The van der Waals surface area contributed by atoms with Gasteiger partial charge in [-0.15, -0.1) is 0 Å². The first-order chi connectivity index (χ1) is 9.50. The van der Waals surface area contributed by atoms with Crippen molar-refractivity contribution in [3.63, 3.8) is 0 Å². The van der Waals surface area contributed by atoms with Crippen molar-refractivity contribution in [3.8, 4) is 0 Å². The minimum Gasteiger partial charge on any atom is -0.337 e. The first kappa shape index (κ1) is 14.8. The number of rotatable bonds is 4. The van der Waals surface area contributed by atoms with Gasteiger partial charge in [0.15, 0.2) is 0 Å². The Balaban J connectivity index is 1.77. The summed E-state index contributed by atoms with van der Waals surface area (Å²) in [5.74, 6) is -0.0769. The lowest BCUT2D eigenvalue weighted by molar-refractivity contribution is -0.134. The Labute approximate surface area is 118 Å². The van der Waals surface area contributed by atoms with Crippen LogP contribution in [0, 0.1) is 0 Å². The third-order valence-corrected chi connectivity index (χ3v) is 3.82. The Morgan fingerprint density at radius 1 is 1.40 bits per heavy atom. The number of imide groups is 1. The van der Waals surface area contributed by atoms with Crippen LogP contribution in [0.4, 0.5) is 4.79 Å². The SMILES string of the molecule is C[C@H]1CNCCN1C(=O)CCCN1C(=O)CN(C)C1=O. The summed E-state index contributed by atoms with van der Waals surface area (Å²) in [4.78, 5) is 39.9. The number of urea groups is 1. The Kier molecular flexibility index (Phi) is 4.59. The van der Waals surface area contributed by atoms with Crippen molar-refractivity contribution in [2.75, 3.05) is 39.8 Å². The highest BCUT2D eigenvalue weighted by Crippen LogP contribution is 2.11. The molecule has 2 rings (SSSR count). The van der Waals surface area contributed by atoms with Gasteiger partial charge in [0.05, 0.1) is 0 Å². The molecule has 4 amide bonds. The Hall–Kier alpha value is -1.63. The predicted molar refractivity (Wildman–Crippen MR) is 73.0 cm³/mol. The molecule has 0 aromatic carbocycles. The monoisotopic (exact) mass is 282 g/mol. The van der Waals surface area contributed by atoms with Gasteiger partial charge in [0.25, 0.3) is 0 Å². The number of carbonyl (C=O) groups is 3. The zero-order valence-electron chi connectivity index (χ0n) is 12.1. The Morgan fingerprint density at radius 2 is 2.15 bits per heavy atom. The molecule has 0 radical (unpaired) electrons. The summed E-state index contributed by atoms with van der Waals surface area (Å²) in [5.41, 5.74) is 0. The molecular formula is C13H22N4O3. The number of amides is 4. The summed E-state index contributed by atoms with van der Waals surface area (Å²) < 4.78 is 0. The van der Waals surface area contributed by atoms with E-state index in [1.807, 2.05) is 11.8 Å². The van der Waals surface area contributed by atoms with Crippen LogP contribution in [0.25, 0.3) is 0 Å². The molecule has 1 N–H and O–H groups in total. The lowest BCUT2D eigenvalue weighted by Crippen LogP contribution is -2.52. The van der Waals surface area contributed by atoms with E-state index in [9.17, 15) is 14.4 Å². The fourth-order valence-electron chi connectivity index (χ4n) is 2.63. The first-order valence-electron chi connectivity index (χ1n) is 7.06. The van der Waals surface area contributed by atoms with Gasteiger partial charge < -0.3 is 15.1 Å². The summed E-state index contributed by atoms with van der Waals surface area (Å²) in [7, 11) is 1.60. The topological polar surface area (TPSA) is 73.0 Å². The predicted octanol–water partition coefficient (Wildman–Crippen LogP) is -0.519. The smallest absolute Gasteiger partial charge is 0.326 e. The number of carbonyl (C=O) groups excluding carboxylic acids is 3. The number of nitrogens with one attached hydrogen (secondary N) is 1. The highest BCUT2D eigenvalue weighted by Gasteiger charge is 2.33. The number of nitrogens with zero attached hydrogens (tertiary/aromatic N) is 3. The van der Waals surface area contributed by atoms with Crippen LogP contribution in [0.5, 0.6) is 0 Å². The zero-order valence-corrected chi connectivity index (χ0v) is 12.1. The average molecular weight is 282 g/mol. The molecule has 1 atom stereocenters. The molecule has 0 bridgehead atoms.